The Bertz CT molecular complexity index is 444. The van der Waals surface area contributed by atoms with Crippen LogP contribution >= 0.6 is 11.8 Å². The highest BCUT2D eigenvalue weighted by molar-refractivity contribution is 7.99. The van der Waals surface area contributed by atoms with Gasteiger partial charge in [0.15, 0.2) is 5.96 Å². The zero-order chi connectivity index (χ0) is 14.2. The van der Waals surface area contributed by atoms with Crippen molar-refractivity contribution in [3.05, 3.63) is 29.8 Å². The fourth-order valence-electron chi connectivity index (χ4n) is 2.19. The molecule has 5 heteroatoms. The van der Waals surface area contributed by atoms with Gasteiger partial charge >= 0.3 is 0 Å². The molecular formula is C15H23N3OS. The van der Waals surface area contributed by atoms with Gasteiger partial charge in [-0.1, -0.05) is 18.2 Å². The molecule has 4 nitrogen and oxygen atoms in total. The maximum absolute atomic E-state index is 6.04. The van der Waals surface area contributed by atoms with Crippen LogP contribution in [0.2, 0.25) is 0 Å². The van der Waals surface area contributed by atoms with Crippen molar-refractivity contribution in [3.8, 4) is 5.75 Å². The number of benzene rings is 1. The molecule has 20 heavy (non-hydrogen) atoms. The van der Waals surface area contributed by atoms with Crippen LogP contribution in [0, 0.1) is 0 Å². The summed E-state index contributed by atoms with van der Waals surface area (Å²) in [5.74, 6) is 3.92. The second-order valence-corrected chi connectivity index (χ2v) is 5.85. The quantitative estimate of drug-likeness (QED) is 0.666. The Labute approximate surface area is 125 Å². The lowest BCUT2D eigenvalue weighted by molar-refractivity contribution is 0.336. The number of nitrogens with zero attached hydrogens (tertiary/aromatic N) is 2. The molecule has 0 spiro atoms. The van der Waals surface area contributed by atoms with Crippen LogP contribution in [-0.2, 0) is 6.42 Å². The highest BCUT2D eigenvalue weighted by Crippen LogP contribution is 2.18. The van der Waals surface area contributed by atoms with E-state index in [0.717, 1.165) is 36.8 Å². The minimum absolute atomic E-state index is 0.680. The summed E-state index contributed by atoms with van der Waals surface area (Å²) >= 11 is 1.98. The van der Waals surface area contributed by atoms with E-state index in [0.29, 0.717) is 19.1 Å². The number of guanidine groups is 1. The Balaban J connectivity index is 1.88. The number of rotatable bonds is 5. The first kappa shape index (κ1) is 15.0. The van der Waals surface area contributed by atoms with Gasteiger partial charge < -0.3 is 15.4 Å². The molecule has 1 fully saturated rings. The Morgan fingerprint density at radius 3 is 2.85 bits per heavy atom. The standard InChI is InChI=1S/C15H23N3OS/c1-2-19-14-6-4-3-5-13(14)7-8-17-15(16)18-9-11-20-12-10-18/h3-6H,2,7-12H2,1H3,(H2,16,17). The van der Waals surface area contributed by atoms with Gasteiger partial charge in [-0.15, -0.1) is 0 Å². The minimum atomic E-state index is 0.680. The van der Waals surface area contributed by atoms with E-state index in [2.05, 4.69) is 16.0 Å². The van der Waals surface area contributed by atoms with Crippen LogP contribution in [0.1, 0.15) is 12.5 Å². The smallest absolute Gasteiger partial charge is 0.191 e. The molecule has 1 aromatic rings. The molecule has 0 aliphatic carbocycles. The lowest BCUT2D eigenvalue weighted by atomic mass is 10.1. The van der Waals surface area contributed by atoms with Crippen LogP contribution in [0.25, 0.3) is 0 Å². The fraction of sp³-hybridized carbons (Fsp3) is 0.533. The molecule has 0 atom stereocenters. The van der Waals surface area contributed by atoms with Crippen LogP contribution in [0.15, 0.2) is 29.3 Å². The van der Waals surface area contributed by atoms with Gasteiger partial charge in [-0.25, -0.2) is 0 Å². The Morgan fingerprint density at radius 1 is 1.35 bits per heavy atom. The third-order valence-corrected chi connectivity index (χ3v) is 4.20. The maximum atomic E-state index is 6.04. The number of hydrogen-bond acceptors (Lipinski definition) is 3. The second-order valence-electron chi connectivity index (χ2n) is 4.63. The van der Waals surface area contributed by atoms with Crippen molar-refractivity contribution in [2.75, 3.05) is 37.7 Å². The first-order chi connectivity index (χ1) is 9.81. The van der Waals surface area contributed by atoms with Crippen LogP contribution in [0.3, 0.4) is 0 Å². The van der Waals surface area contributed by atoms with Gasteiger partial charge in [0.05, 0.1) is 6.61 Å². The van der Waals surface area contributed by atoms with Gasteiger partial charge in [-0.05, 0) is 25.0 Å². The summed E-state index contributed by atoms with van der Waals surface area (Å²) in [7, 11) is 0. The summed E-state index contributed by atoms with van der Waals surface area (Å²) in [6, 6.07) is 8.13. The van der Waals surface area contributed by atoms with Gasteiger partial charge in [0, 0.05) is 31.1 Å². The van der Waals surface area contributed by atoms with Crippen LogP contribution in [-0.4, -0.2) is 48.6 Å². The molecule has 1 aliphatic rings. The number of thioether (sulfide) groups is 1. The zero-order valence-electron chi connectivity index (χ0n) is 12.0. The third-order valence-electron chi connectivity index (χ3n) is 3.26. The molecular weight excluding hydrogens is 270 g/mol. The highest BCUT2D eigenvalue weighted by Gasteiger charge is 2.11. The molecule has 110 valence electrons. The molecule has 2 N–H and O–H groups in total. The predicted octanol–water partition coefficient (Wildman–Crippen LogP) is 1.99. The molecule has 0 radical (unpaired) electrons. The van der Waals surface area contributed by atoms with Gasteiger partial charge in [0.1, 0.15) is 5.75 Å². The van der Waals surface area contributed by atoms with Crippen LogP contribution in [0.4, 0.5) is 0 Å². The Kier molecular flexibility index (Phi) is 6.05. The van der Waals surface area contributed by atoms with Crippen molar-refractivity contribution in [2.24, 2.45) is 10.7 Å². The normalized spacial score (nSPS) is 16.2. The summed E-state index contributed by atoms with van der Waals surface area (Å²) in [5.41, 5.74) is 7.24. The summed E-state index contributed by atoms with van der Waals surface area (Å²) < 4.78 is 5.62. The molecule has 0 aromatic heterocycles. The van der Waals surface area contributed by atoms with Gasteiger partial charge in [0.2, 0.25) is 0 Å². The van der Waals surface area contributed by atoms with E-state index >= 15 is 0 Å². The fourth-order valence-corrected chi connectivity index (χ4v) is 3.09. The second kappa shape index (κ2) is 8.04. The number of aliphatic imine (C=N–C) groups is 1. The predicted molar refractivity (Wildman–Crippen MR) is 86.7 cm³/mol. The van der Waals surface area contributed by atoms with Crippen molar-refractivity contribution >= 4 is 17.7 Å². The van der Waals surface area contributed by atoms with Crippen molar-refractivity contribution in [1.29, 1.82) is 0 Å². The minimum Gasteiger partial charge on any atom is -0.494 e. The highest BCUT2D eigenvalue weighted by atomic mass is 32.2. The van der Waals surface area contributed by atoms with E-state index in [1.807, 2.05) is 36.9 Å². The monoisotopic (exact) mass is 293 g/mol. The first-order valence-corrected chi connectivity index (χ1v) is 8.30. The van der Waals surface area contributed by atoms with Gasteiger partial charge in [0.25, 0.3) is 0 Å². The molecule has 0 bridgehead atoms. The maximum Gasteiger partial charge on any atom is 0.191 e. The van der Waals surface area contributed by atoms with Crippen molar-refractivity contribution < 1.29 is 4.74 Å². The van der Waals surface area contributed by atoms with Gasteiger partial charge in [-0.2, -0.15) is 11.8 Å². The van der Waals surface area contributed by atoms with Gasteiger partial charge in [-0.3, -0.25) is 4.99 Å². The van der Waals surface area contributed by atoms with E-state index in [1.165, 1.54) is 5.56 Å². The lowest BCUT2D eigenvalue weighted by Crippen LogP contribution is -2.42. The molecule has 0 saturated carbocycles. The molecule has 1 aromatic carbocycles. The van der Waals surface area contributed by atoms with E-state index in [-0.39, 0.29) is 0 Å². The van der Waals surface area contributed by atoms with E-state index in [1.54, 1.807) is 0 Å². The summed E-state index contributed by atoms with van der Waals surface area (Å²) in [4.78, 5) is 6.67. The van der Waals surface area contributed by atoms with Crippen LogP contribution < -0.4 is 10.5 Å². The molecule has 0 unspecified atom stereocenters. The summed E-state index contributed by atoms with van der Waals surface area (Å²) in [5, 5.41) is 0. The molecule has 1 aliphatic heterocycles. The number of hydrogen-bond donors (Lipinski definition) is 1. The van der Waals surface area contributed by atoms with E-state index < -0.39 is 0 Å². The average Bonchev–Trinajstić information content (AvgIpc) is 2.50. The third kappa shape index (κ3) is 4.34. The number of nitrogens with two attached hydrogens (primary N) is 1. The van der Waals surface area contributed by atoms with Crippen LogP contribution in [0.5, 0.6) is 5.75 Å². The number of para-hydroxylation sites is 1. The zero-order valence-corrected chi connectivity index (χ0v) is 12.9. The largest absolute Gasteiger partial charge is 0.494 e. The summed E-state index contributed by atoms with van der Waals surface area (Å²) in [6.45, 7) is 5.42. The topological polar surface area (TPSA) is 50.9 Å². The van der Waals surface area contributed by atoms with Crippen molar-refractivity contribution in [1.82, 2.24) is 4.90 Å². The lowest BCUT2D eigenvalue weighted by Gasteiger charge is -2.27. The first-order valence-electron chi connectivity index (χ1n) is 7.14. The van der Waals surface area contributed by atoms with Crippen molar-refractivity contribution in [3.63, 3.8) is 0 Å². The molecule has 1 saturated heterocycles. The number of ether oxygens (including phenoxy) is 1. The Morgan fingerprint density at radius 2 is 2.10 bits per heavy atom. The van der Waals surface area contributed by atoms with Crippen molar-refractivity contribution in [2.45, 2.75) is 13.3 Å². The average molecular weight is 293 g/mol. The molecule has 1 heterocycles. The Hall–Kier alpha value is -1.36. The van der Waals surface area contributed by atoms with E-state index in [4.69, 9.17) is 10.5 Å². The SMILES string of the molecule is CCOc1ccccc1CCN=C(N)N1CCSCC1. The molecule has 2 rings (SSSR count). The molecule has 0 amide bonds. The summed E-state index contributed by atoms with van der Waals surface area (Å²) in [6.07, 6.45) is 0.861. The van der Waals surface area contributed by atoms with E-state index in [9.17, 15) is 0 Å².